The summed E-state index contributed by atoms with van der Waals surface area (Å²) in [5.74, 6) is 0. The predicted molar refractivity (Wildman–Crippen MR) is 81.4 cm³/mol. The van der Waals surface area contributed by atoms with Gasteiger partial charge in [-0.15, -0.1) is 0 Å². The highest BCUT2D eigenvalue weighted by atomic mass is 35.5. The Morgan fingerprint density at radius 1 is 1.29 bits per heavy atom. The van der Waals surface area contributed by atoms with Crippen molar-refractivity contribution in [2.24, 2.45) is 0 Å². The molecule has 0 saturated carbocycles. The van der Waals surface area contributed by atoms with Crippen LogP contribution < -0.4 is 10.4 Å². The van der Waals surface area contributed by atoms with Crippen molar-refractivity contribution in [3.8, 4) is 0 Å². The minimum atomic E-state index is -3.76. The van der Waals surface area contributed by atoms with Crippen molar-refractivity contribution in [2.75, 3.05) is 6.54 Å². The maximum atomic E-state index is 12.2. The molecule has 9 heteroatoms. The van der Waals surface area contributed by atoms with Crippen LogP contribution in [0.15, 0.2) is 34.2 Å². The van der Waals surface area contributed by atoms with Gasteiger partial charge in [-0.1, -0.05) is 23.2 Å². The predicted octanol–water partition coefficient (Wildman–Crippen LogP) is 1.77. The topological polar surface area (TPSA) is 84.0 Å². The molecule has 6 nitrogen and oxygen atoms in total. The molecule has 0 spiro atoms. The van der Waals surface area contributed by atoms with E-state index in [1.165, 1.54) is 29.1 Å². The highest BCUT2D eigenvalue weighted by Crippen LogP contribution is 2.27. The molecule has 0 atom stereocenters. The van der Waals surface area contributed by atoms with E-state index >= 15 is 0 Å². The van der Waals surface area contributed by atoms with E-state index in [1.54, 1.807) is 6.92 Å². The van der Waals surface area contributed by atoms with Crippen molar-refractivity contribution in [3.05, 3.63) is 50.6 Å². The van der Waals surface area contributed by atoms with Gasteiger partial charge in [-0.25, -0.2) is 17.9 Å². The largest absolute Gasteiger partial charge is 0.325 e. The van der Waals surface area contributed by atoms with Crippen LogP contribution in [0.2, 0.25) is 10.0 Å². The third-order valence-corrected chi connectivity index (χ3v) is 5.20. The Morgan fingerprint density at radius 2 is 2.00 bits per heavy atom. The monoisotopic (exact) mass is 349 g/mol. The van der Waals surface area contributed by atoms with E-state index < -0.39 is 10.0 Å². The van der Waals surface area contributed by atoms with Crippen LogP contribution in [0.3, 0.4) is 0 Å². The second kappa shape index (κ2) is 6.23. The Balaban J connectivity index is 2.14. The zero-order valence-electron chi connectivity index (χ0n) is 11.1. The molecule has 0 fully saturated rings. The second-order valence-corrected chi connectivity index (χ2v) is 6.94. The number of aromatic amines is 1. The Kier molecular flexibility index (Phi) is 4.77. The van der Waals surface area contributed by atoms with Crippen LogP contribution in [-0.4, -0.2) is 24.5 Å². The lowest BCUT2D eigenvalue weighted by Gasteiger charge is -2.10. The summed E-state index contributed by atoms with van der Waals surface area (Å²) in [6, 6.07) is 2.80. The van der Waals surface area contributed by atoms with Crippen molar-refractivity contribution in [3.63, 3.8) is 0 Å². The summed E-state index contributed by atoms with van der Waals surface area (Å²) in [6.07, 6.45) is 3.02. The summed E-state index contributed by atoms with van der Waals surface area (Å²) in [5.41, 5.74) is 0.317. The maximum absolute atomic E-state index is 12.2. The lowest BCUT2D eigenvalue weighted by molar-refractivity contribution is 0.570. The molecular weight excluding hydrogens is 337 g/mol. The molecule has 0 aliphatic heterocycles. The zero-order chi connectivity index (χ0) is 15.6. The van der Waals surface area contributed by atoms with E-state index in [0.717, 1.165) is 0 Å². The molecule has 1 heterocycles. The Morgan fingerprint density at radius 3 is 2.62 bits per heavy atom. The van der Waals surface area contributed by atoms with E-state index in [4.69, 9.17) is 23.2 Å². The fourth-order valence-corrected chi connectivity index (χ4v) is 3.59. The van der Waals surface area contributed by atoms with Gasteiger partial charge in [0.05, 0.1) is 5.02 Å². The number of hydrogen-bond donors (Lipinski definition) is 2. The summed E-state index contributed by atoms with van der Waals surface area (Å²) in [6.45, 7) is 1.97. The third kappa shape index (κ3) is 3.68. The van der Waals surface area contributed by atoms with Crippen molar-refractivity contribution in [1.82, 2.24) is 14.3 Å². The summed E-state index contributed by atoms with van der Waals surface area (Å²) in [5, 5.41) is 0.453. The van der Waals surface area contributed by atoms with Crippen molar-refractivity contribution >= 4 is 33.2 Å². The molecule has 0 unspecified atom stereocenters. The number of nitrogens with zero attached hydrogens (tertiary/aromatic N) is 1. The number of hydrogen-bond acceptors (Lipinski definition) is 3. The second-order valence-electron chi connectivity index (χ2n) is 4.39. The molecule has 0 aliphatic carbocycles. The van der Waals surface area contributed by atoms with E-state index in [1.807, 2.05) is 0 Å². The van der Waals surface area contributed by atoms with Gasteiger partial charge in [-0.2, -0.15) is 0 Å². The normalized spacial score (nSPS) is 11.8. The fraction of sp³-hybridized carbons (Fsp3) is 0.250. The Hall–Kier alpha value is -1.28. The smallest absolute Gasteiger partial charge is 0.313 e. The molecule has 0 aliphatic rings. The average Bonchev–Trinajstić information content (AvgIpc) is 2.79. The minimum absolute atomic E-state index is 0.0347. The highest BCUT2D eigenvalue weighted by Gasteiger charge is 2.19. The van der Waals surface area contributed by atoms with Gasteiger partial charge in [0.25, 0.3) is 0 Å². The molecule has 2 N–H and O–H groups in total. The molecule has 1 aromatic heterocycles. The summed E-state index contributed by atoms with van der Waals surface area (Å²) in [7, 11) is -3.76. The SMILES string of the molecule is Cc1cc(S(=O)(=O)NCCn2cc[nH]c2=O)c(Cl)cc1Cl. The summed E-state index contributed by atoms with van der Waals surface area (Å²) in [4.78, 5) is 13.7. The minimum Gasteiger partial charge on any atom is -0.313 e. The summed E-state index contributed by atoms with van der Waals surface area (Å²) < 4.78 is 28.1. The quantitative estimate of drug-likeness (QED) is 0.862. The molecule has 0 saturated heterocycles. The van der Waals surface area contributed by atoms with Gasteiger partial charge in [-0.05, 0) is 24.6 Å². The third-order valence-electron chi connectivity index (χ3n) is 2.87. The zero-order valence-corrected chi connectivity index (χ0v) is 13.4. The van der Waals surface area contributed by atoms with Crippen LogP contribution in [0.25, 0.3) is 0 Å². The Labute approximate surface area is 131 Å². The van der Waals surface area contributed by atoms with E-state index in [9.17, 15) is 13.2 Å². The van der Waals surface area contributed by atoms with Gasteiger partial charge in [0.15, 0.2) is 0 Å². The maximum Gasteiger partial charge on any atom is 0.325 e. The summed E-state index contributed by atoms with van der Waals surface area (Å²) >= 11 is 11.8. The number of imidazole rings is 1. The van der Waals surface area contributed by atoms with Crippen LogP contribution in [-0.2, 0) is 16.6 Å². The molecule has 2 rings (SSSR count). The van der Waals surface area contributed by atoms with Gasteiger partial charge in [0.1, 0.15) is 4.90 Å². The molecule has 21 heavy (non-hydrogen) atoms. The van der Waals surface area contributed by atoms with E-state index in [-0.39, 0.29) is 28.7 Å². The van der Waals surface area contributed by atoms with Crippen LogP contribution >= 0.6 is 23.2 Å². The number of benzene rings is 1. The standard InChI is InChI=1S/C12H13Cl2N3O3S/c1-8-6-11(10(14)7-9(8)13)21(19,20)16-3-5-17-4-2-15-12(17)18/h2,4,6-7,16H,3,5H2,1H3,(H,15,18). The lowest BCUT2D eigenvalue weighted by atomic mass is 10.2. The number of H-pyrrole nitrogens is 1. The number of rotatable bonds is 5. The fourth-order valence-electron chi connectivity index (χ4n) is 1.74. The van der Waals surface area contributed by atoms with Crippen molar-refractivity contribution in [2.45, 2.75) is 18.4 Å². The molecule has 0 amide bonds. The average molecular weight is 350 g/mol. The van der Waals surface area contributed by atoms with Crippen molar-refractivity contribution < 1.29 is 8.42 Å². The number of aromatic nitrogens is 2. The first-order valence-electron chi connectivity index (χ1n) is 6.00. The molecular formula is C12H13Cl2N3O3S. The number of halogens is 2. The van der Waals surface area contributed by atoms with Crippen molar-refractivity contribution in [1.29, 1.82) is 0 Å². The molecule has 2 aromatic rings. The number of sulfonamides is 1. The van der Waals surface area contributed by atoms with E-state index in [0.29, 0.717) is 10.6 Å². The van der Waals surface area contributed by atoms with Gasteiger partial charge in [0.2, 0.25) is 10.0 Å². The van der Waals surface area contributed by atoms with Gasteiger partial charge < -0.3 is 4.98 Å². The van der Waals surface area contributed by atoms with Crippen LogP contribution in [0.1, 0.15) is 5.56 Å². The lowest BCUT2D eigenvalue weighted by Crippen LogP contribution is -2.30. The van der Waals surface area contributed by atoms with Gasteiger partial charge in [0, 0.05) is 30.5 Å². The number of aryl methyl sites for hydroxylation is 1. The van der Waals surface area contributed by atoms with Crippen LogP contribution in [0.5, 0.6) is 0 Å². The first-order valence-corrected chi connectivity index (χ1v) is 8.24. The molecule has 1 aromatic carbocycles. The molecule has 0 bridgehead atoms. The molecule has 0 radical (unpaired) electrons. The van der Waals surface area contributed by atoms with E-state index in [2.05, 4.69) is 9.71 Å². The highest BCUT2D eigenvalue weighted by molar-refractivity contribution is 7.89. The van der Waals surface area contributed by atoms with Gasteiger partial charge in [-0.3, -0.25) is 4.57 Å². The van der Waals surface area contributed by atoms with Crippen LogP contribution in [0.4, 0.5) is 0 Å². The van der Waals surface area contributed by atoms with Gasteiger partial charge >= 0.3 is 5.69 Å². The van der Waals surface area contributed by atoms with Crippen LogP contribution in [0, 0.1) is 6.92 Å². The first-order chi connectivity index (χ1) is 9.81. The number of nitrogens with one attached hydrogen (secondary N) is 2. The first kappa shape index (κ1) is 16.1. The molecule has 114 valence electrons. The Bertz CT molecular complexity index is 811.